The van der Waals surface area contributed by atoms with E-state index in [0.29, 0.717) is 23.1 Å². The molecule has 0 aliphatic rings. The summed E-state index contributed by atoms with van der Waals surface area (Å²) in [5.74, 6) is 0.0181. The zero-order chi connectivity index (χ0) is 29.3. The number of sulfonamides is 1. The van der Waals surface area contributed by atoms with Crippen LogP contribution < -0.4 is 19.1 Å². The number of rotatable bonds is 13. The van der Waals surface area contributed by atoms with Crippen LogP contribution in [0.4, 0.5) is 5.69 Å². The number of methoxy groups -OCH3 is 1. The Morgan fingerprint density at radius 3 is 2.23 bits per heavy atom. The number of halogens is 1. The number of carbonyl (C=O) groups is 2. The van der Waals surface area contributed by atoms with Gasteiger partial charge in [-0.3, -0.25) is 13.9 Å². The molecule has 1 atom stereocenters. The topological polar surface area (TPSA) is 105 Å². The Kier molecular flexibility index (Phi) is 10.8. The number of carbonyl (C=O) groups excluding carboxylic acids is 2. The molecule has 0 spiro atoms. The average Bonchev–Trinajstić information content (AvgIpc) is 2.95. The largest absolute Gasteiger partial charge is 0.497 e. The van der Waals surface area contributed by atoms with Crippen LogP contribution in [0.1, 0.15) is 26.3 Å². The van der Waals surface area contributed by atoms with Crippen molar-refractivity contribution in [1.82, 2.24) is 10.2 Å². The lowest BCUT2D eigenvalue weighted by Gasteiger charge is -2.32. The van der Waals surface area contributed by atoms with Crippen LogP contribution in [0.5, 0.6) is 11.5 Å². The fraction of sp³-hybridized carbons (Fsp3) is 0.310. The smallest absolute Gasteiger partial charge is 0.264 e. The van der Waals surface area contributed by atoms with Crippen molar-refractivity contribution in [3.05, 3.63) is 83.4 Å². The first-order valence-electron chi connectivity index (χ1n) is 12.8. The third kappa shape index (κ3) is 7.45. The fourth-order valence-corrected chi connectivity index (χ4v) is 5.57. The Morgan fingerprint density at radius 1 is 0.975 bits per heavy atom. The number of benzene rings is 3. The second kappa shape index (κ2) is 14.0. The lowest BCUT2D eigenvalue weighted by atomic mass is 10.1. The van der Waals surface area contributed by atoms with E-state index in [1.807, 2.05) is 0 Å². The van der Waals surface area contributed by atoms with Crippen LogP contribution in [-0.2, 0) is 26.2 Å². The average molecular weight is 588 g/mol. The van der Waals surface area contributed by atoms with Crippen LogP contribution in [-0.4, -0.2) is 58.0 Å². The molecule has 11 heteroatoms. The van der Waals surface area contributed by atoms with Gasteiger partial charge in [-0.1, -0.05) is 35.9 Å². The summed E-state index contributed by atoms with van der Waals surface area (Å²) in [7, 11) is -2.69. The van der Waals surface area contributed by atoms with E-state index >= 15 is 0 Å². The number of hydrogen-bond acceptors (Lipinski definition) is 6. The Hall–Kier alpha value is -3.76. The molecule has 0 saturated carbocycles. The Morgan fingerprint density at radius 2 is 1.62 bits per heavy atom. The van der Waals surface area contributed by atoms with Gasteiger partial charge in [-0.15, -0.1) is 0 Å². The van der Waals surface area contributed by atoms with Crippen LogP contribution in [0.3, 0.4) is 0 Å². The van der Waals surface area contributed by atoms with Gasteiger partial charge in [0, 0.05) is 18.1 Å². The number of hydrogen-bond donors (Lipinski definition) is 1. The van der Waals surface area contributed by atoms with Gasteiger partial charge in [0.25, 0.3) is 10.0 Å². The summed E-state index contributed by atoms with van der Waals surface area (Å²) in [5.41, 5.74) is 0.940. The van der Waals surface area contributed by atoms with Crippen molar-refractivity contribution in [1.29, 1.82) is 0 Å². The molecule has 0 saturated heterocycles. The molecule has 0 fully saturated rings. The first kappa shape index (κ1) is 30.8. The SMILES string of the molecule is CCNC(=O)[C@H](C)N(Cc1ccc(OC)cc1)C(=O)CN(c1ccccc1OCC)S(=O)(=O)c1ccc(Cl)cc1. The van der Waals surface area contributed by atoms with Crippen molar-refractivity contribution in [2.24, 2.45) is 0 Å². The molecule has 2 amide bonds. The first-order chi connectivity index (χ1) is 19.1. The fourth-order valence-electron chi connectivity index (χ4n) is 4.02. The second-order valence-corrected chi connectivity index (χ2v) is 11.1. The monoisotopic (exact) mass is 587 g/mol. The van der Waals surface area contributed by atoms with E-state index in [4.69, 9.17) is 21.1 Å². The van der Waals surface area contributed by atoms with E-state index in [-0.39, 0.29) is 29.6 Å². The van der Waals surface area contributed by atoms with Crippen molar-refractivity contribution in [2.75, 3.05) is 31.1 Å². The maximum absolute atomic E-state index is 14.0. The van der Waals surface area contributed by atoms with E-state index in [9.17, 15) is 18.0 Å². The number of para-hydroxylation sites is 2. The van der Waals surface area contributed by atoms with Gasteiger partial charge in [0.15, 0.2) is 0 Å². The lowest BCUT2D eigenvalue weighted by molar-refractivity contribution is -0.139. The molecule has 0 radical (unpaired) electrons. The van der Waals surface area contributed by atoms with Gasteiger partial charge in [0.05, 0.1) is 24.3 Å². The van der Waals surface area contributed by atoms with E-state index < -0.39 is 28.5 Å². The number of amides is 2. The highest BCUT2D eigenvalue weighted by Gasteiger charge is 2.33. The molecule has 3 aromatic carbocycles. The molecule has 0 unspecified atom stereocenters. The quantitative estimate of drug-likeness (QED) is 0.316. The molecule has 0 aromatic heterocycles. The maximum atomic E-state index is 14.0. The zero-order valence-electron chi connectivity index (χ0n) is 23.0. The maximum Gasteiger partial charge on any atom is 0.264 e. The number of anilines is 1. The van der Waals surface area contributed by atoms with E-state index in [1.54, 1.807) is 76.4 Å². The van der Waals surface area contributed by atoms with Gasteiger partial charge in [-0.25, -0.2) is 8.42 Å². The normalized spacial score (nSPS) is 11.8. The Bertz CT molecular complexity index is 1400. The van der Waals surface area contributed by atoms with Crippen molar-refractivity contribution < 1.29 is 27.5 Å². The van der Waals surface area contributed by atoms with Crippen molar-refractivity contribution >= 4 is 39.1 Å². The van der Waals surface area contributed by atoms with Crippen molar-refractivity contribution in [3.63, 3.8) is 0 Å². The highest BCUT2D eigenvalue weighted by molar-refractivity contribution is 7.92. The molecule has 0 aliphatic heterocycles. The highest BCUT2D eigenvalue weighted by atomic mass is 35.5. The molecular formula is C29H34ClN3O6S. The zero-order valence-corrected chi connectivity index (χ0v) is 24.5. The van der Waals surface area contributed by atoms with Gasteiger partial charge in [0.1, 0.15) is 24.1 Å². The third-order valence-corrected chi connectivity index (χ3v) is 8.17. The first-order valence-corrected chi connectivity index (χ1v) is 14.6. The number of nitrogens with zero attached hydrogens (tertiary/aromatic N) is 2. The Balaban J connectivity index is 2.07. The summed E-state index contributed by atoms with van der Waals surface area (Å²) < 4.78 is 39.9. The van der Waals surface area contributed by atoms with E-state index in [0.717, 1.165) is 9.87 Å². The van der Waals surface area contributed by atoms with E-state index in [2.05, 4.69) is 5.32 Å². The summed E-state index contributed by atoms with van der Waals surface area (Å²) in [5, 5.41) is 3.11. The van der Waals surface area contributed by atoms with Crippen LogP contribution >= 0.6 is 11.6 Å². The number of nitrogens with one attached hydrogen (secondary N) is 1. The molecule has 40 heavy (non-hydrogen) atoms. The molecule has 0 heterocycles. The molecule has 3 rings (SSSR count). The van der Waals surface area contributed by atoms with Crippen molar-refractivity contribution in [2.45, 2.75) is 38.3 Å². The number of ether oxygens (including phenoxy) is 2. The molecule has 1 N–H and O–H groups in total. The van der Waals surface area contributed by atoms with Gasteiger partial charge in [0.2, 0.25) is 11.8 Å². The molecular weight excluding hydrogens is 554 g/mol. The standard InChI is InChI=1S/C29H34ClN3O6S/c1-5-31-29(35)21(3)32(19-22-11-15-24(38-4)16-12-22)28(34)20-33(26-9-7-8-10-27(26)39-6-2)40(36,37)25-17-13-23(30)14-18-25/h7-18,21H,5-6,19-20H2,1-4H3,(H,31,35)/t21-/m0/s1. The second-order valence-electron chi connectivity index (χ2n) is 8.81. The van der Waals surface area contributed by atoms with Crippen LogP contribution in [0, 0.1) is 0 Å². The summed E-state index contributed by atoms with van der Waals surface area (Å²) in [6.07, 6.45) is 0. The van der Waals surface area contributed by atoms with E-state index in [1.165, 1.54) is 29.2 Å². The van der Waals surface area contributed by atoms with Crippen LogP contribution in [0.15, 0.2) is 77.7 Å². The predicted octanol–water partition coefficient (Wildman–Crippen LogP) is 4.50. The summed E-state index contributed by atoms with van der Waals surface area (Å²) >= 11 is 6.00. The molecule has 214 valence electrons. The van der Waals surface area contributed by atoms with Gasteiger partial charge in [-0.2, -0.15) is 0 Å². The summed E-state index contributed by atoms with van der Waals surface area (Å²) in [6.45, 7) is 5.34. The molecule has 0 aliphatic carbocycles. The van der Waals surface area contributed by atoms with Crippen LogP contribution in [0.25, 0.3) is 0 Å². The molecule has 9 nitrogen and oxygen atoms in total. The van der Waals surface area contributed by atoms with Gasteiger partial charge < -0.3 is 19.7 Å². The lowest BCUT2D eigenvalue weighted by Crippen LogP contribution is -2.51. The van der Waals surface area contributed by atoms with Gasteiger partial charge >= 0.3 is 0 Å². The minimum atomic E-state index is -4.25. The van der Waals surface area contributed by atoms with Crippen molar-refractivity contribution in [3.8, 4) is 11.5 Å². The summed E-state index contributed by atoms with van der Waals surface area (Å²) in [6, 6.07) is 18.5. The van der Waals surface area contributed by atoms with Crippen LogP contribution in [0.2, 0.25) is 5.02 Å². The van der Waals surface area contributed by atoms with Gasteiger partial charge in [-0.05, 0) is 74.9 Å². The highest BCUT2D eigenvalue weighted by Crippen LogP contribution is 2.33. The molecule has 3 aromatic rings. The summed E-state index contributed by atoms with van der Waals surface area (Å²) in [4.78, 5) is 28.1. The molecule has 0 bridgehead atoms. The number of likely N-dealkylation sites (N-methyl/N-ethyl adjacent to an activating group) is 1. The minimum Gasteiger partial charge on any atom is -0.497 e. The Labute approximate surface area is 240 Å². The predicted molar refractivity (Wildman–Crippen MR) is 155 cm³/mol. The third-order valence-electron chi connectivity index (χ3n) is 6.14. The minimum absolute atomic E-state index is 0.0468.